The van der Waals surface area contributed by atoms with Gasteiger partial charge in [-0.25, -0.2) is 4.98 Å². The maximum absolute atomic E-state index is 8.93. The molecule has 0 saturated heterocycles. The summed E-state index contributed by atoms with van der Waals surface area (Å²) in [6.07, 6.45) is 1.74. The van der Waals surface area contributed by atoms with Crippen LogP contribution in [0.3, 0.4) is 0 Å². The van der Waals surface area contributed by atoms with Crippen molar-refractivity contribution in [3.05, 3.63) is 44.8 Å². The smallest absolute Gasteiger partial charge is 0.103 e. The zero-order valence-electron chi connectivity index (χ0n) is 8.39. The largest absolute Gasteiger partial charge is 0.391 e. The van der Waals surface area contributed by atoms with Crippen LogP contribution in [0.1, 0.15) is 9.88 Å². The average molecular weight is 316 g/mol. The predicted molar refractivity (Wildman–Crippen MR) is 71.7 cm³/mol. The maximum atomic E-state index is 8.93. The van der Waals surface area contributed by atoms with Crippen molar-refractivity contribution in [2.45, 2.75) is 17.3 Å². The van der Waals surface area contributed by atoms with Gasteiger partial charge in [-0.3, -0.25) is 0 Å². The van der Waals surface area contributed by atoms with Crippen molar-refractivity contribution in [2.75, 3.05) is 0 Å². The van der Waals surface area contributed by atoms with E-state index in [0.29, 0.717) is 0 Å². The molecule has 16 heavy (non-hydrogen) atoms. The zero-order valence-corrected chi connectivity index (χ0v) is 11.6. The van der Waals surface area contributed by atoms with Crippen molar-refractivity contribution in [1.82, 2.24) is 4.98 Å². The average Bonchev–Trinajstić information content (AvgIpc) is 2.74. The lowest BCUT2D eigenvalue weighted by molar-refractivity contribution is 0.285. The molecule has 0 spiro atoms. The quantitative estimate of drug-likeness (QED) is 0.873. The van der Waals surface area contributed by atoms with Crippen molar-refractivity contribution in [3.63, 3.8) is 0 Å². The Balaban J connectivity index is 1.96. The van der Waals surface area contributed by atoms with Crippen LogP contribution in [-0.4, -0.2) is 10.1 Å². The third kappa shape index (κ3) is 3.31. The Morgan fingerprint density at radius 3 is 3.00 bits per heavy atom. The lowest BCUT2D eigenvalue weighted by Gasteiger charge is -1.99. The number of thiazole rings is 1. The molecule has 1 aromatic heterocycles. The summed E-state index contributed by atoms with van der Waals surface area (Å²) in [7, 11) is 0. The van der Waals surface area contributed by atoms with Crippen LogP contribution in [0.2, 0.25) is 0 Å². The minimum absolute atomic E-state index is 0.0826. The molecule has 0 amide bonds. The monoisotopic (exact) mass is 315 g/mol. The number of thioether (sulfide) groups is 1. The number of nitrogens with zero attached hydrogens (tertiary/aromatic N) is 1. The summed E-state index contributed by atoms with van der Waals surface area (Å²) in [5, 5.41) is 9.98. The van der Waals surface area contributed by atoms with E-state index in [1.807, 2.05) is 12.1 Å². The molecule has 0 aliphatic rings. The maximum Gasteiger partial charge on any atom is 0.103 e. The molecule has 0 atom stereocenters. The first-order valence-corrected chi connectivity index (χ1v) is 7.30. The predicted octanol–water partition coefficient (Wildman–Crippen LogP) is 3.69. The lowest BCUT2D eigenvalue weighted by atomic mass is 10.4. The fourth-order valence-corrected chi connectivity index (χ4v) is 3.48. The fourth-order valence-electron chi connectivity index (χ4n) is 1.19. The first-order chi connectivity index (χ1) is 7.78. The molecule has 0 saturated carbocycles. The number of aliphatic hydroxyl groups is 1. The minimum atomic E-state index is 0.0826. The SMILES string of the molecule is OCc1cnc(CSc2cccc(Br)c2)s1. The van der Waals surface area contributed by atoms with Gasteiger partial charge in [-0.15, -0.1) is 23.1 Å². The third-order valence-corrected chi connectivity index (χ3v) is 4.58. The van der Waals surface area contributed by atoms with Crippen LogP contribution >= 0.6 is 39.0 Å². The highest BCUT2D eigenvalue weighted by Crippen LogP contribution is 2.27. The van der Waals surface area contributed by atoms with Crippen LogP contribution in [0.5, 0.6) is 0 Å². The van der Waals surface area contributed by atoms with E-state index in [0.717, 1.165) is 20.1 Å². The van der Waals surface area contributed by atoms with Gasteiger partial charge in [0.25, 0.3) is 0 Å². The summed E-state index contributed by atoms with van der Waals surface area (Å²) in [6, 6.07) is 8.20. The van der Waals surface area contributed by atoms with Gasteiger partial charge in [-0.05, 0) is 18.2 Å². The summed E-state index contributed by atoms with van der Waals surface area (Å²) in [4.78, 5) is 6.39. The van der Waals surface area contributed by atoms with Gasteiger partial charge in [0, 0.05) is 15.6 Å². The standard InChI is InChI=1S/C11H10BrNOS2/c12-8-2-1-3-9(4-8)15-7-11-13-5-10(6-14)16-11/h1-5,14H,6-7H2. The number of benzene rings is 1. The summed E-state index contributed by atoms with van der Waals surface area (Å²) >= 11 is 6.75. The Morgan fingerprint density at radius 1 is 1.44 bits per heavy atom. The number of aromatic nitrogens is 1. The Bertz CT molecular complexity index is 473. The van der Waals surface area contributed by atoms with Gasteiger partial charge in [-0.1, -0.05) is 22.0 Å². The molecule has 1 heterocycles. The molecular formula is C11H10BrNOS2. The van der Waals surface area contributed by atoms with Crippen molar-refractivity contribution >= 4 is 39.0 Å². The number of rotatable bonds is 4. The van der Waals surface area contributed by atoms with Gasteiger partial charge in [0.15, 0.2) is 0 Å². The van der Waals surface area contributed by atoms with Gasteiger partial charge < -0.3 is 5.11 Å². The van der Waals surface area contributed by atoms with E-state index < -0.39 is 0 Å². The van der Waals surface area contributed by atoms with Gasteiger partial charge >= 0.3 is 0 Å². The van der Waals surface area contributed by atoms with E-state index in [9.17, 15) is 0 Å². The van der Waals surface area contributed by atoms with E-state index in [1.165, 1.54) is 4.90 Å². The molecule has 2 rings (SSSR count). The van der Waals surface area contributed by atoms with Crippen LogP contribution in [0.4, 0.5) is 0 Å². The highest BCUT2D eigenvalue weighted by Gasteiger charge is 2.02. The van der Waals surface area contributed by atoms with Gasteiger partial charge in [0.2, 0.25) is 0 Å². The third-order valence-electron chi connectivity index (χ3n) is 1.92. The molecule has 1 aromatic carbocycles. The van der Waals surface area contributed by atoms with Crippen LogP contribution in [0.15, 0.2) is 39.8 Å². The molecule has 0 fully saturated rings. The van der Waals surface area contributed by atoms with Gasteiger partial charge in [0.1, 0.15) is 5.01 Å². The topological polar surface area (TPSA) is 33.1 Å². The molecule has 84 valence electrons. The number of halogens is 1. The first kappa shape index (κ1) is 12.1. The van der Waals surface area contributed by atoms with Crippen molar-refractivity contribution in [2.24, 2.45) is 0 Å². The summed E-state index contributed by atoms with van der Waals surface area (Å²) in [5.74, 6) is 0.848. The van der Waals surface area contributed by atoms with Crippen molar-refractivity contribution in [3.8, 4) is 0 Å². The molecule has 0 unspecified atom stereocenters. The van der Waals surface area contributed by atoms with E-state index in [4.69, 9.17) is 5.11 Å². The molecular weight excluding hydrogens is 306 g/mol. The second-order valence-electron chi connectivity index (χ2n) is 3.12. The zero-order chi connectivity index (χ0) is 11.4. The molecule has 2 aromatic rings. The Kier molecular flexibility index (Phi) is 4.40. The van der Waals surface area contributed by atoms with Crippen LogP contribution < -0.4 is 0 Å². The van der Waals surface area contributed by atoms with Gasteiger partial charge in [-0.2, -0.15) is 0 Å². The fraction of sp³-hybridized carbons (Fsp3) is 0.182. The molecule has 0 bridgehead atoms. The Morgan fingerprint density at radius 2 is 2.31 bits per heavy atom. The van der Waals surface area contributed by atoms with Crippen LogP contribution in [0.25, 0.3) is 0 Å². The van der Waals surface area contributed by atoms with E-state index in [1.54, 1.807) is 29.3 Å². The first-order valence-electron chi connectivity index (χ1n) is 4.71. The minimum Gasteiger partial charge on any atom is -0.391 e. The molecule has 1 N–H and O–H groups in total. The summed E-state index contributed by atoms with van der Waals surface area (Å²) < 4.78 is 1.09. The van der Waals surface area contributed by atoms with Crippen LogP contribution in [0, 0.1) is 0 Å². The Hall–Kier alpha value is -0.360. The summed E-state index contributed by atoms with van der Waals surface area (Å²) in [6.45, 7) is 0.0826. The Labute approximate surface area is 111 Å². The molecule has 0 radical (unpaired) electrons. The van der Waals surface area contributed by atoms with Crippen LogP contribution in [-0.2, 0) is 12.4 Å². The van der Waals surface area contributed by atoms with E-state index >= 15 is 0 Å². The molecule has 2 nitrogen and oxygen atoms in total. The number of hydrogen-bond donors (Lipinski definition) is 1. The molecule has 0 aliphatic heterocycles. The highest BCUT2D eigenvalue weighted by atomic mass is 79.9. The van der Waals surface area contributed by atoms with Crippen molar-refractivity contribution < 1.29 is 5.11 Å². The second kappa shape index (κ2) is 5.82. The summed E-state index contributed by atoms with van der Waals surface area (Å²) in [5.41, 5.74) is 0. The second-order valence-corrected chi connectivity index (χ2v) is 6.29. The number of hydrogen-bond acceptors (Lipinski definition) is 4. The normalized spacial score (nSPS) is 10.6. The van der Waals surface area contributed by atoms with E-state index in [2.05, 4.69) is 33.0 Å². The molecule has 5 heteroatoms. The number of aliphatic hydroxyl groups excluding tert-OH is 1. The van der Waals surface area contributed by atoms with E-state index in [-0.39, 0.29) is 6.61 Å². The van der Waals surface area contributed by atoms with Gasteiger partial charge in [0.05, 0.1) is 17.2 Å². The van der Waals surface area contributed by atoms with Crippen molar-refractivity contribution in [1.29, 1.82) is 0 Å². The molecule has 0 aliphatic carbocycles. The highest BCUT2D eigenvalue weighted by molar-refractivity contribution is 9.10. The lowest BCUT2D eigenvalue weighted by Crippen LogP contribution is -1.77.